The molecule has 0 aromatic heterocycles. The quantitative estimate of drug-likeness (QED) is 0.421. The molecule has 6 heteroatoms. The summed E-state index contributed by atoms with van der Waals surface area (Å²) in [6.45, 7) is 1.60. The molecule has 0 aliphatic carbocycles. The second kappa shape index (κ2) is 8.48. The first-order valence-electron chi connectivity index (χ1n) is 6.19. The van der Waals surface area contributed by atoms with Crippen LogP contribution in [0.4, 0.5) is 0 Å². The Hall–Kier alpha value is -0.620. The summed E-state index contributed by atoms with van der Waals surface area (Å²) in [5.74, 6) is -0.150. The molecule has 0 radical (unpaired) electrons. The number of unbranched alkanes of at least 4 members (excludes halogenated alkanes) is 1. The van der Waals surface area contributed by atoms with E-state index in [1.807, 2.05) is 0 Å². The van der Waals surface area contributed by atoms with Crippen LogP contribution in [0.2, 0.25) is 0 Å². The highest BCUT2D eigenvalue weighted by Crippen LogP contribution is 2.12. The third-order valence-electron chi connectivity index (χ3n) is 2.89. The van der Waals surface area contributed by atoms with Gasteiger partial charge in [-0.25, -0.2) is 0 Å². The smallest absolute Gasteiger partial charge is 0.308 e. The van der Waals surface area contributed by atoms with Crippen molar-refractivity contribution >= 4 is 27.8 Å². The van der Waals surface area contributed by atoms with Crippen molar-refractivity contribution in [2.24, 2.45) is 0 Å². The van der Waals surface area contributed by atoms with E-state index in [-0.39, 0.29) is 24.4 Å². The SMILES string of the molecule is COC(=O)CC1CN(C(=O)CCCCBr)CCO1. The van der Waals surface area contributed by atoms with E-state index in [0.29, 0.717) is 26.1 Å². The van der Waals surface area contributed by atoms with Gasteiger partial charge in [-0.3, -0.25) is 9.59 Å². The zero-order chi connectivity index (χ0) is 13.4. The molecule has 1 fully saturated rings. The molecule has 1 aliphatic rings. The van der Waals surface area contributed by atoms with Gasteiger partial charge in [0.2, 0.25) is 5.91 Å². The van der Waals surface area contributed by atoms with Crippen molar-refractivity contribution in [2.45, 2.75) is 31.8 Å². The number of amides is 1. The van der Waals surface area contributed by atoms with Gasteiger partial charge in [0.05, 0.1) is 26.2 Å². The van der Waals surface area contributed by atoms with E-state index in [4.69, 9.17) is 4.74 Å². The molecule has 18 heavy (non-hydrogen) atoms. The Labute approximate surface area is 116 Å². The number of carbonyl (C=O) groups is 2. The number of hydrogen-bond acceptors (Lipinski definition) is 4. The van der Waals surface area contributed by atoms with Crippen LogP contribution in [0.1, 0.15) is 25.7 Å². The van der Waals surface area contributed by atoms with Crippen LogP contribution < -0.4 is 0 Å². The van der Waals surface area contributed by atoms with E-state index in [1.54, 1.807) is 4.90 Å². The van der Waals surface area contributed by atoms with Gasteiger partial charge in [-0.2, -0.15) is 0 Å². The number of halogens is 1. The maximum Gasteiger partial charge on any atom is 0.308 e. The number of methoxy groups -OCH3 is 1. The molecular weight excluding hydrogens is 302 g/mol. The Balaban J connectivity index is 2.33. The molecule has 5 nitrogen and oxygen atoms in total. The maximum atomic E-state index is 11.9. The highest BCUT2D eigenvalue weighted by Gasteiger charge is 2.25. The Kier molecular flexibility index (Phi) is 7.27. The predicted molar refractivity (Wildman–Crippen MR) is 70.6 cm³/mol. The van der Waals surface area contributed by atoms with E-state index in [1.165, 1.54) is 7.11 Å². The summed E-state index contributed by atoms with van der Waals surface area (Å²) in [6, 6.07) is 0. The molecular formula is C12H20BrNO4. The van der Waals surface area contributed by atoms with Crippen LogP contribution in [0, 0.1) is 0 Å². The molecule has 0 spiro atoms. The van der Waals surface area contributed by atoms with E-state index in [9.17, 15) is 9.59 Å². The highest BCUT2D eigenvalue weighted by atomic mass is 79.9. The first-order valence-corrected chi connectivity index (χ1v) is 7.31. The summed E-state index contributed by atoms with van der Waals surface area (Å²) in [7, 11) is 1.36. The van der Waals surface area contributed by atoms with Gasteiger partial charge in [0, 0.05) is 24.8 Å². The molecule has 1 amide bonds. The van der Waals surface area contributed by atoms with Gasteiger partial charge >= 0.3 is 5.97 Å². The predicted octanol–water partition coefficient (Wildman–Crippen LogP) is 1.34. The average molecular weight is 322 g/mol. The Morgan fingerprint density at radius 1 is 1.44 bits per heavy atom. The largest absolute Gasteiger partial charge is 0.469 e. The molecule has 1 saturated heterocycles. The third-order valence-corrected chi connectivity index (χ3v) is 3.45. The van der Waals surface area contributed by atoms with Crippen LogP contribution in [0.15, 0.2) is 0 Å². The van der Waals surface area contributed by atoms with Crippen molar-refractivity contribution in [1.82, 2.24) is 4.90 Å². The van der Waals surface area contributed by atoms with Crippen LogP contribution >= 0.6 is 15.9 Å². The average Bonchev–Trinajstić information content (AvgIpc) is 2.39. The van der Waals surface area contributed by atoms with Crippen molar-refractivity contribution in [1.29, 1.82) is 0 Å². The molecule has 1 unspecified atom stereocenters. The zero-order valence-corrected chi connectivity index (χ0v) is 12.3. The fraction of sp³-hybridized carbons (Fsp3) is 0.833. The minimum absolute atomic E-state index is 0.147. The van der Waals surface area contributed by atoms with Gasteiger partial charge in [-0.15, -0.1) is 0 Å². The second-order valence-corrected chi connectivity index (χ2v) is 5.05. The van der Waals surface area contributed by atoms with E-state index < -0.39 is 0 Å². The number of hydrogen-bond donors (Lipinski definition) is 0. The van der Waals surface area contributed by atoms with Crippen LogP contribution in [0.25, 0.3) is 0 Å². The van der Waals surface area contributed by atoms with E-state index >= 15 is 0 Å². The summed E-state index contributed by atoms with van der Waals surface area (Å²) in [5, 5.41) is 0.925. The van der Waals surface area contributed by atoms with E-state index in [2.05, 4.69) is 20.7 Å². The maximum absolute atomic E-state index is 11.9. The molecule has 0 N–H and O–H groups in total. The topological polar surface area (TPSA) is 55.8 Å². The van der Waals surface area contributed by atoms with Crippen molar-refractivity contribution in [2.75, 3.05) is 32.1 Å². The molecule has 0 bridgehead atoms. The summed E-state index contributed by atoms with van der Waals surface area (Å²) in [4.78, 5) is 24.9. The van der Waals surface area contributed by atoms with Crippen molar-refractivity contribution < 1.29 is 19.1 Å². The van der Waals surface area contributed by atoms with E-state index in [0.717, 1.165) is 18.2 Å². The number of morpholine rings is 1. The number of rotatable bonds is 6. The molecule has 1 heterocycles. The lowest BCUT2D eigenvalue weighted by molar-refractivity contribution is -0.150. The molecule has 0 aromatic carbocycles. The van der Waals surface area contributed by atoms with Crippen molar-refractivity contribution in [3.63, 3.8) is 0 Å². The second-order valence-electron chi connectivity index (χ2n) is 4.26. The number of nitrogens with zero attached hydrogens (tertiary/aromatic N) is 1. The Morgan fingerprint density at radius 3 is 2.89 bits per heavy atom. The number of carbonyl (C=O) groups excluding carboxylic acids is 2. The highest BCUT2D eigenvalue weighted by molar-refractivity contribution is 9.09. The van der Waals surface area contributed by atoms with Crippen LogP contribution in [0.5, 0.6) is 0 Å². The lowest BCUT2D eigenvalue weighted by atomic mass is 10.1. The van der Waals surface area contributed by atoms with Crippen molar-refractivity contribution in [3.8, 4) is 0 Å². The molecule has 1 atom stereocenters. The van der Waals surface area contributed by atoms with Crippen LogP contribution in [0.3, 0.4) is 0 Å². The normalized spacial score (nSPS) is 19.7. The minimum Gasteiger partial charge on any atom is -0.469 e. The fourth-order valence-corrected chi connectivity index (χ4v) is 2.26. The Morgan fingerprint density at radius 2 is 2.22 bits per heavy atom. The standard InChI is InChI=1S/C12H20BrNO4/c1-17-12(16)8-10-9-14(6-7-18-10)11(15)4-2-3-5-13/h10H,2-9H2,1H3. The third kappa shape index (κ3) is 5.35. The van der Waals surface area contributed by atoms with Gasteiger partial charge < -0.3 is 14.4 Å². The van der Waals surface area contributed by atoms with Crippen molar-refractivity contribution in [3.05, 3.63) is 0 Å². The fourth-order valence-electron chi connectivity index (χ4n) is 1.87. The number of ether oxygens (including phenoxy) is 2. The molecule has 0 aromatic rings. The van der Waals surface area contributed by atoms with Gasteiger partial charge in [0.15, 0.2) is 0 Å². The Bertz CT molecular complexity index is 285. The lowest BCUT2D eigenvalue weighted by Crippen LogP contribution is -2.46. The molecule has 0 saturated carbocycles. The van der Waals surface area contributed by atoms with Crippen LogP contribution in [-0.2, 0) is 19.1 Å². The number of esters is 1. The van der Waals surface area contributed by atoms with Gasteiger partial charge in [-0.05, 0) is 12.8 Å². The van der Waals surface area contributed by atoms with Gasteiger partial charge in [0.25, 0.3) is 0 Å². The zero-order valence-electron chi connectivity index (χ0n) is 10.7. The summed E-state index contributed by atoms with van der Waals surface area (Å²) < 4.78 is 10.1. The van der Waals surface area contributed by atoms with Crippen LogP contribution in [-0.4, -0.2) is 55.0 Å². The minimum atomic E-state index is -0.298. The summed E-state index contributed by atoms with van der Waals surface area (Å²) >= 11 is 3.34. The number of alkyl halides is 1. The molecule has 1 rings (SSSR count). The molecule has 1 aliphatic heterocycles. The monoisotopic (exact) mass is 321 g/mol. The summed E-state index contributed by atoms with van der Waals surface area (Å²) in [5.41, 5.74) is 0. The first-order chi connectivity index (χ1) is 8.67. The first kappa shape index (κ1) is 15.4. The summed E-state index contributed by atoms with van der Waals surface area (Å²) in [6.07, 6.45) is 2.44. The lowest BCUT2D eigenvalue weighted by Gasteiger charge is -2.32. The molecule has 104 valence electrons. The van der Waals surface area contributed by atoms with Gasteiger partial charge in [0.1, 0.15) is 0 Å². The van der Waals surface area contributed by atoms with Gasteiger partial charge in [-0.1, -0.05) is 15.9 Å².